The third-order valence-corrected chi connectivity index (χ3v) is 3.69. The number of piperidine rings is 1. The van der Waals surface area contributed by atoms with E-state index < -0.39 is 0 Å². The molecule has 1 heterocycles. The zero-order valence-corrected chi connectivity index (χ0v) is 11.6. The highest BCUT2D eigenvalue weighted by molar-refractivity contribution is 5.71. The topological polar surface area (TPSA) is 55.6 Å². The summed E-state index contributed by atoms with van der Waals surface area (Å²) in [6.45, 7) is 4.04. The minimum atomic E-state index is -0.197. The van der Waals surface area contributed by atoms with E-state index in [1.165, 1.54) is 18.2 Å². The van der Waals surface area contributed by atoms with Gasteiger partial charge in [-0.2, -0.15) is 0 Å². The van der Waals surface area contributed by atoms with Crippen molar-refractivity contribution in [2.45, 2.75) is 25.3 Å². The summed E-state index contributed by atoms with van der Waals surface area (Å²) in [4.78, 5) is 13.5. The highest BCUT2D eigenvalue weighted by Crippen LogP contribution is 2.26. The minimum absolute atomic E-state index is 0.115. The van der Waals surface area contributed by atoms with E-state index >= 15 is 0 Å². The molecule has 1 fully saturated rings. The van der Waals surface area contributed by atoms with Crippen molar-refractivity contribution in [3.63, 3.8) is 0 Å². The van der Waals surface area contributed by atoms with Crippen molar-refractivity contribution in [1.29, 1.82) is 0 Å². The lowest BCUT2D eigenvalue weighted by Gasteiger charge is -2.35. The molecule has 0 bridgehead atoms. The molecule has 2 rings (SSSR count). The third kappa shape index (κ3) is 3.78. The molecule has 2 N–H and O–H groups in total. The molecule has 0 spiro atoms. The van der Waals surface area contributed by atoms with E-state index in [0.717, 1.165) is 19.5 Å². The van der Waals surface area contributed by atoms with E-state index in [9.17, 15) is 4.79 Å². The van der Waals surface area contributed by atoms with Crippen molar-refractivity contribution in [1.82, 2.24) is 4.90 Å². The number of esters is 1. The van der Waals surface area contributed by atoms with Gasteiger partial charge < -0.3 is 10.5 Å². The van der Waals surface area contributed by atoms with Gasteiger partial charge in [0.1, 0.15) is 0 Å². The van der Waals surface area contributed by atoms with Crippen LogP contribution in [0.4, 0.5) is 0 Å². The van der Waals surface area contributed by atoms with Crippen LogP contribution >= 0.6 is 0 Å². The van der Waals surface area contributed by atoms with E-state index in [1.54, 1.807) is 0 Å². The van der Waals surface area contributed by atoms with E-state index in [4.69, 9.17) is 10.5 Å². The fourth-order valence-electron chi connectivity index (χ4n) is 2.69. The Kier molecular flexibility index (Phi) is 4.56. The average Bonchev–Trinajstić information content (AvgIpc) is 2.38. The largest absolute Gasteiger partial charge is 0.468 e. The molecule has 0 aromatic heterocycles. The molecule has 104 valence electrons. The SMILES string of the molecule is COC(=O)CN1CC(N)CC(c2ccc(C)cc2)C1. The molecule has 0 saturated carbocycles. The number of methoxy groups -OCH3 is 1. The van der Waals surface area contributed by atoms with Crippen LogP contribution in [0.1, 0.15) is 23.5 Å². The lowest BCUT2D eigenvalue weighted by atomic mass is 9.88. The summed E-state index contributed by atoms with van der Waals surface area (Å²) in [6.07, 6.45) is 0.973. The third-order valence-electron chi connectivity index (χ3n) is 3.69. The molecule has 1 aromatic carbocycles. The van der Waals surface area contributed by atoms with Gasteiger partial charge in [-0.3, -0.25) is 9.69 Å². The first kappa shape index (κ1) is 14.0. The highest BCUT2D eigenvalue weighted by Gasteiger charge is 2.27. The van der Waals surface area contributed by atoms with Gasteiger partial charge in [0.25, 0.3) is 0 Å². The molecule has 4 nitrogen and oxygen atoms in total. The fourth-order valence-corrected chi connectivity index (χ4v) is 2.69. The van der Waals surface area contributed by atoms with Crippen molar-refractivity contribution in [3.05, 3.63) is 35.4 Å². The standard InChI is InChI=1S/C15H22N2O2/c1-11-3-5-12(6-4-11)13-7-14(16)9-17(8-13)10-15(18)19-2/h3-6,13-14H,7-10,16H2,1-2H3. The van der Waals surface area contributed by atoms with Crippen LogP contribution in [-0.2, 0) is 9.53 Å². The van der Waals surface area contributed by atoms with Crippen molar-refractivity contribution in [2.75, 3.05) is 26.7 Å². The van der Waals surface area contributed by atoms with Gasteiger partial charge in [0.05, 0.1) is 13.7 Å². The van der Waals surface area contributed by atoms with Gasteiger partial charge in [-0.15, -0.1) is 0 Å². The van der Waals surface area contributed by atoms with Gasteiger partial charge >= 0.3 is 5.97 Å². The summed E-state index contributed by atoms with van der Waals surface area (Å²) in [5, 5.41) is 0. The first-order chi connectivity index (χ1) is 9.08. The Hall–Kier alpha value is -1.39. The number of aryl methyl sites for hydroxylation is 1. The van der Waals surface area contributed by atoms with Crippen molar-refractivity contribution in [3.8, 4) is 0 Å². The molecule has 19 heavy (non-hydrogen) atoms. The van der Waals surface area contributed by atoms with Gasteiger partial charge in [0.15, 0.2) is 0 Å². The smallest absolute Gasteiger partial charge is 0.319 e. The number of rotatable bonds is 3. The number of nitrogens with two attached hydrogens (primary N) is 1. The molecule has 1 aliphatic heterocycles. The molecule has 1 aromatic rings. The van der Waals surface area contributed by atoms with Gasteiger partial charge in [-0.1, -0.05) is 29.8 Å². The van der Waals surface area contributed by atoms with E-state index in [1.807, 2.05) is 0 Å². The van der Waals surface area contributed by atoms with Crippen LogP contribution in [0, 0.1) is 6.92 Å². The molecule has 1 aliphatic rings. The lowest BCUT2D eigenvalue weighted by molar-refractivity contribution is -0.142. The predicted octanol–water partition coefficient (Wildman–Crippen LogP) is 1.28. The number of hydrogen-bond donors (Lipinski definition) is 1. The van der Waals surface area contributed by atoms with Gasteiger partial charge in [0, 0.05) is 19.1 Å². The van der Waals surface area contributed by atoms with Crippen LogP contribution in [-0.4, -0.2) is 43.7 Å². The Balaban J connectivity index is 2.05. The first-order valence-electron chi connectivity index (χ1n) is 6.70. The Morgan fingerprint density at radius 3 is 2.68 bits per heavy atom. The van der Waals surface area contributed by atoms with Crippen LogP contribution < -0.4 is 5.73 Å². The summed E-state index contributed by atoms with van der Waals surface area (Å²) in [7, 11) is 1.42. The quantitative estimate of drug-likeness (QED) is 0.834. The van der Waals surface area contributed by atoms with Crippen LogP contribution in [0.5, 0.6) is 0 Å². The van der Waals surface area contributed by atoms with Gasteiger partial charge in [-0.05, 0) is 24.8 Å². The predicted molar refractivity (Wildman–Crippen MR) is 75.0 cm³/mol. The Morgan fingerprint density at radius 1 is 1.37 bits per heavy atom. The normalized spacial score (nSPS) is 24.2. The minimum Gasteiger partial charge on any atom is -0.468 e. The highest BCUT2D eigenvalue weighted by atomic mass is 16.5. The maximum Gasteiger partial charge on any atom is 0.319 e. The molecule has 2 unspecified atom stereocenters. The van der Waals surface area contributed by atoms with Crippen LogP contribution in [0.3, 0.4) is 0 Å². The number of carbonyl (C=O) groups excluding carboxylic acids is 1. The summed E-state index contributed by atoms with van der Waals surface area (Å²) >= 11 is 0. The number of nitrogens with zero attached hydrogens (tertiary/aromatic N) is 1. The number of likely N-dealkylation sites (tertiary alicyclic amines) is 1. The second kappa shape index (κ2) is 6.17. The Bertz CT molecular complexity index is 430. The van der Waals surface area contributed by atoms with E-state index in [2.05, 4.69) is 36.1 Å². The zero-order chi connectivity index (χ0) is 13.8. The number of carbonyl (C=O) groups is 1. The maximum absolute atomic E-state index is 11.4. The molecular formula is C15H22N2O2. The molecule has 0 amide bonds. The van der Waals surface area contributed by atoms with Crippen LogP contribution in [0.25, 0.3) is 0 Å². The van der Waals surface area contributed by atoms with E-state index in [0.29, 0.717) is 12.5 Å². The lowest BCUT2D eigenvalue weighted by Crippen LogP contribution is -2.48. The molecule has 1 saturated heterocycles. The summed E-state index contributed by atoms with van der Waals surface area (Å²) in [5.74, 6) is 0.200. The monoisotopic (exact) mass is 262 g/mol. The molecule has 0 aliphatic carbocycles. The average molecular weight is 262 g/mol. The summed E-state index contributed by atoms with van der Waals surface area (Å²) in [6, 6.07) is 8.69. The fraction of sp³-hybridized carbons (Fsp3) is 0.533. The Morgan fingerprint density at radius 2 is 2.05 bits per heavy atom. The summed E-state index contributed by atoms with van der Waals surface area (Å²) < 4.78 is 4.72. The molecule has 2 atom stereocenters. The number of hydrogen-bond acceptors (Lipinski definition) is 4. The Labute approximate surface area is 114 Å². The van der Waals surface area contributed by atoms with Crippen molar-refractivity contribution >= 4 is 5.97 Å². The number of ether oxygens (including phenoxy) is 1. The second-order valence-corrected chi connectivity index (χ2v) is 5.37. The maximum atomic E-state index is 11.4. The molecule has 0 radical (unpaired) electrons. The summed E-state index contributed by atoms with van der Waals surface area (Å²) in [5.41, 5.74) is 8.67. The zero-order valence-electron chi connectivity index (χ0n) is 11.6. The van der Waals surface area contributed by atoms with E-state index in [-0.39, 0.29) is 12.0 Å². The van der Waals surface area contributed by atoms with Crippen molar-refractivity contribution in [2.24, 2.45) is 5.73 Å². The first-order valence-corrected chi connectivity index (χ1v) is 6.70. The van der Waals surface area contributed by atoms with Crippen LogP contribution in [0.2, 0.25) is 0 Å². The van der Waals surface area contributed by atoms with Crippen LogP contribution in [0.15, 0.2) is 24.3 Å². The number of benzene rings is 1. The molecular weight excluding hydrogens is 240 g/mol. The van der Waals surface area contributed by atoms with Gasteiger partial charge in [0.2, 0.25) is 0 Å². The van der Waals surface area contributed by atoms with Gasteiger partial charge in [-0.25, -0.2) is 0 Å². The second-order valence-electron chi connectivity index (χ2n) is 5.37. The molecule has 4 heteroatoms. The van der Waals surface area contributed by atoms with Crippen molar-refractivity contribution < 1.29 is 9.53 Å².